The van der Waals surface area contributed by atoms with Crippen molar-refractivity contribution in [2.45, 2.75) is 0 Å². The van der Waals surface area contributed by atoms with E-state index in [1.54, 1.807) is 24.3 Å². The van der Waals surface area contributed by atoms with Crippen LogP contribution in [0.15, 0.2) is 30.3 Å². The van der Waals surface area contributed by atoms with E-state index in [1.165, 1.54) is 0 Å². The van der Waals surface area contributed by atoms with Gasteiger partial charge in [-0.05, 0) is 5.46 Å². The number of hydrogen-bond donors (Lipinski definition) is 2. The summed E-state index contributed by atoms with van der Waals surface area (Å²) in [5.41, 5.74) is 0.525. The quantitative estimate of drug-likeness (QED) is 0.476. The van der Waals surface area contributed by atoms with Crippen LogP contribution in [0.2, 0.25) is 0 Å². The Morgan fingerprint density at radius 3 is 1.80 bits per heavy atom. The van der Waals surface area contributed by atoms with Gasteiger partial charge in [0.25, 0.3) is 0 Å². The molecule has 4 heteroatoms. The molecule has 0 aliphatic rings. The van der Waals surface area contributed by atoms with Crippen LogP contribution in [0.25, 0.3) is 0 Å². The van der Waals surface area contributed by atoms with E-state index in [0.29, 0.717) is 5.46 Å². The molecule has 0 heterocycles. The van der Waals surface area contributed by atoms with Crippen LogP contribution in [-0.4, -0.2) is 36.0 Å². The standard InChI is InChI=1S/C6H7BO2.Li/c8-7(9)6-4-2-1-3-5-6;/h1-5,8-9H;. The van der Waals surface area contributed by atoms with Gasteiger partial charge in [-0.2, -0.15) is 0 Å². The third-order valence-corrected chi connectivity index (χ3v) is 1.10. The smallest absolute Gasteiger partial charge is 0.423 e. The number of rotatable bonds is 1. The summed E-state index contributed by atoms with van der Waals surface area (Å²) in [5, 5.41) is 17.2. The van der Waals surface area contributed by atoms with Crippen LogP contribution in [0, 0.1) is 0 Å². The number of hydrogen-bond acceptors (Lipinski definition) is 2. The molecule has 10 heavy (non-hydrogen) atoms. The molecule has 1 aromatic rings. The fraction of sp³-hybridized carbons (Fsp3) is 0. The van der Waals surface area contributed by atoms with Crippen LogP contribution in [-0.2, 0) is 0 Å². The molecule has 0 aliphatic heterocycles. The van der Waals surface area contributed by atoms with E-state index in [4.69, 9.17) is 10.0 Å². The first-order chi connectivity index (χ1) is 4.30. The molecule has 0 amide bonds. The first kappa shape index (κ1) is 9.80. The van der Waals surface area contributed by atoms with Crippen molar-refractivity contribution in [3.63, 3.8) is 0 Å². The molecule has 0 aromatic heterocycles. The van der Waals surface area contributed by atoms with E-state index in [0.717, 1.165) is 0 Å². The van der Waals surface area contributed by atoms with Crippen LogP contribution in [0.5, 0.6) is 0 Å². The van der Waals surface area contributed by atoms with Crippen molar-refractivity contribution in [3.05, 3.63) is 30.3 Å². The van der Waals surface area contributed by atoms with Gasteiger partial charge < -0.3 is 10.0 Å². The fourth-order valence-electron chi connectivity index (χ4n) is 0.625. The van der Waals surface area contributed by atoms with E-state index >= 15 is 0 Å². The summed E-state index contributed by atoms with van der Waals surface area (Å²) < 4.78 is 0. The minimum Gasteiger partial charge on any atom is -0.423 e. The normalized spacial score (nSPS) is 8.20. The third-order valence-electron chi connectivity index (χ3n) is 1.10. The molecule has 1 rings (SSSR count). The molecule has 0 bridgehead atoms. The van der Waals surface area contributed by atoms with Crippen LogP contribution in [0.1, 0.15) is 0 Å². The Bertz CT molecular complexity index is 178. The maximum absolute atomic E-state index is 8.58. The Morgan fingerprint density at radius 2 is 1.50 bits per heavy atom. The van der Waals surface area contributed by atoms with Crippen molar-refractivity contribution in [3.8, 4) is 0 Å². The molecule has 47 valence electrons. The van der Waals surface area contributed by atoms with Crippen molar-refractivity contribution in [1.82, 2.24) is 0 Å². The minimum atomic E-state index is -1.34. The van der Waals surface area contributed by atoms with E-state index in [9.17, 15) is 0 Å². The zero-order valence-corrected chi connectivity index (χ0v) is 5.86. The summed E-state index contributed by atoms with van der Waals surface area (Å²) in [6.07, 6.45) is 0. The molecule has 2 nitrogen and oxygen atoms in total. The van der Waals surface area contributed by atoms with Gasteiger partial charge in [-0.15, -0.1) is 0 Å². The van der Waals surface area contributed by atoms with E-state index in [2.05, 4.69) is 0 Å². The molecule has 1 aromatic carbocycles. The predicted molar refractivity (Wildman–Crippen MR) is 42.0 cm³/mol. The molecule has 0 unspecified atom stereocenters. The van der Waals surface area contributed by atoms with Gasteiger partial charge in [-0.1, -0.05) is 30.3 Å². The zero-order valence-electron chi connectivity index (χ0n) is 5.86. The Kier molecular flexibility index (Phi) is 4.50. The molecule has 0 fully saturated rings. The predicted octanol–water partition coefficient (Wildman–Crippen LogP) is -1.01. The van der Waals surface area contributed by atoms with Crippen molar-refractivity contribution >= 4 is 31.4 Å². The maximum Gasteiger partial charge on any atom is 0.488 e. The Labute approximate surface area is 72.2 Å². The molecular formula is C6H7BLiO2. The van der Waals surface area contributed by atoms with Gasteiger partial charge in [0.1, 0.15) is 0 Å². The van der Waals surface area contributed by atoms with Crippen molar-refractivity contribution in [1.29, 1.82) is 0 Å². The number of benzene rings is 1. The third kappa shape index (κ3) is 2.59. The molecule has 0 aliphatic carbocycles. The summed E-state index contributed by atoms with van der Waals surface area (Å²) >= 11 is 0. The monoisotopic (exact) mass is 129 g/mol. The molecule has 0 saturated carbocycles. The van der Waals surface area contributed by atoms with E-state index < -0.39 is 7.12 Å². The van der Waals surface area contributed by atoms with Crippen LogP contribution in [0.3, 0.4) is 0 Å². The first-order valence-electron chi connectivity index (χ1n) is 2.72. The van der Waals surface area contributed by atoms with Gasteiger partial charge in [0.05, 0.1) is 0 Å². The van der Waals surface area contributed by atoms with E-state index in [-0.39, 0.29) is 18.9 Å². The molecule has 0 spiro atoms. The summed E-state index contributed by atoms with van der Waals surface area (Å²) in [5.74, 6) is 0. The van der Waals surface area contributed by atoms with Crippen LogP contribution in [0.4, 0.5) is 0 Å². The zero-order chi connectivity index (χ0) is 6.69. The fourth-order valence-corrected chi connectivity index (χ4v) is 0.625. The van der Waals surface area contributed by atoms with E-state index in [1.807, 2.05) is 6.07 Å². The molecule has 0 atom stereocenters. The Morgan fingerprint density at radius 1 is 1.00 bits per heavy atom. The molecular weight excluding hydrogens is 122 g/mol. The topological polar surface area (TPSA) is 40.5 Å². The second-order valence-corrected chi connectivity index (χ2v) is 1.78. The first-order valence-corrected chi connectivity index (χ1v) is 2.72. The molecule has 0 saturated heterocycles. The summed E-state index contributed by atoms with van der Waals surface area (Å²) in [7, 11) is -1.34. The summed E-state index contributed by atoms with van der Waals surface area (Å²) in [6, 6.07) is 8.66. The van der Waals surface area contributed by atoms with Crippen molar-refractivity contribution in [2.24, 2.45) is 0 Å². The van der Waals surface area contributed by atoms with Gasteiger partial charge in [0.15, 0.2) is 0 Å². The van der Waals surface area contributed by atoms with Crippen molar-refractivity contribution < 1.29 is 10.0 Å². The largest absolute Gasteiger partial charge is 0.488 e. The maximum atomic E-state index is 8.58. The summed E-state index contributed by atoms with van der Waals surface area (Å²) in [4.78, 5) is 0. The average Bonchev–Trinajstić information content (AvgIpc) is 1.90. The second kappa shape index (κ2) is 4.59. The second-order valence-electron chi connectivity index (χ2n) is 1.78. The van der Waals surface area contributed by atoms with Crippen LogP contribution < -0.4 is 5.46 Å². The summed E-state index contributed by atoms with van der Waals surface area (Å²) in [6.45, 7) is 0. The molecule has 1 radical (unpaired) electrons. The minimum absolute atomic E-state index is 0. The van der Waals surface area contributed by atoms with Gasteiger partial charge in [-0.25, -0.2) is 0 Å². The van der Waals surface area contributed by atoms with Crippen molar-refractivity contribution in [2.75, 3.05) is 0 Å². The average molecular weight is 129 g/mol. The van der Waals surface area contributed by atoms with Gasteiger partial charge in [0.2, 0.25) is 0 Å². The SMILES string of the molecule is OB(O)c1ccccc1.[Li]. The van der Waals surface area contributed by atoms with Gasteiger partial charge in [-0.3, -0.25) is 0 Å². The van der Waals surface area contributed by atoms with Gasteiger partial charge >= 0.3 is 7.12 Å². The molecule has 2 N–H and O–H groups in total. The Hall–Kier alpha value is -0.198. The Balaban J connectivity index is 0.000000810. The van der Waals surface area contributed by atoms with Crippen LogP contribution >= 0.6 is 0 Å². The van der Waals surface area contributed by atoms with Gasteiger partial charge in [0, 0.05) is 18.9 Å².